The molecule has 0 saturated carbocycles. The van der Waals surface area contributed by atoms with Crippen molar-refractivity contribution in [1.82, 2.24) is 5.32 Å². The molecule has 4 heteroatoms. The summed E-state index contributed by atoms with van der Waals surface area (Å²) >= 11 is 6.10. The molecule has 0 radical (unpaired) electrons. The SMILES string of the molecule is COc1c(C)cc(Cl)cc1C(C)(O)C1CCCN1. The van der Waals surface area contributed by atoms with Gasteiger partial charge in [-0.25, -0.2) is 0 Å². The molecule has 0 aliphatic carbocycles. The Labute approximate surface area is 113 Å². The molecule has 18 heavy (non-hydrogen) atoms. The number of aliphatic hydroxyl groups is 1. The summed E-state index contributed by atoms with van der Waals surface area (Å²) in [6, 6.07) is 3.69. The zero-order valence-electron chi connectivity index (χ0n) is 11.1. The summed E-state index contributed by atoms with van der Waals surface area (Å²) in [5.41, 5.74) is 0.727. The lowest BCUT2D eigenvalue weighted by molar-refractivity contribution is 0.0196. The summed E-state index contributed by atoms with van der Waals surface area (Å²) < 4.78 is 5.43. The van der Waals surface area contributed by atoms with E-state index in [9.17, 15) is 5.11 Å². The van der Waals surface area contributed by atoms with Crippen molar-refractivity contribution in [3.05, 3.63) is 28.3 Å². The zero-order valence-corrected chi connectivity index (χ0v) is 11.8. The monoisotopic (exact) mass is 269 g/mol. The van der Waals surface area contributed by atoms with Gasteiger partial charge in [0.05, 0.1) is 7.11 Å². The van der Waals surface area contributed by atoms with Gasteiger partial charge in [0.25, 0.3) is 0 Å². The second-order valence-corrected chi connectivity index (χ2v) is 5.54. The number of rotatable bonds is 3. The molecule has 0 spiro atoms. The van der Waals surface area contributed by atoms with Crippen LogP contribution in [0.1, 0.15) is 30.9 Å². The van der Waals surface area contributed by atoms with Crippen LogP contribution in [0.4, 0.5) is 0 Å². The average molecular weight is 270 g/mol. The molecule has 1 heterocycles. The third-order valence-corrected chi connectivity index (χ3v) is 3.95. The number of ether oxygens (including phenoxy) is 1. The smallest absolute Gasteiger partial charge is 0.128 e. The van der Waals surface area contributed by atoms with Gasteiger partial charge in [-0.15, -0.1) is 0 Å². The molecule has 1 aliphatic heterocycles. The molecular weight excluding hydrogens is 250 g/mol. The first-order chi connectivity index (χ1) is 8.46. The Morgan fingerprint density at radius 1 is 1.50 bits per heavy atom. The van der Waals surface area contributed by atoms with Crippen LogP contribution in [0, 0.1) is 6.92 Å². The van der Waals surface area contributed by atoms with E-state index in [-0.39, 0.29) is 6.04 Å². The van der Waals surface area contributed by atoms with E-state index in [1.54, 1.807) is 13.2 Å². The highest BCUT2D eigenvalue weighted by Crippen LogP contribution is 2.38. The van der Waals surface area contributed by atoms with Gasteiger partial charge in [-0.2, -0.15) is 0 Å². The molecule has 1 aromatic rings. The van der Waals surface area contributed by atoms with Crippen molar-refractivity contribution in [2.24, 2.45) is 0 Å². The van der Waals surface area contributed by atoms with E-state index >= 15 is 0 Å². The Morgan fingerprint density at radius 2 is 2.22 bits per heavy atom. The van der Waals surface area contributed by atoms with Crippen molar-refractivity contribution in [2.75, 3.05) is 13.7 Å². The highest BCUT2D eigenvalue weighted by molar-refractivity contribution is 6.30. The molecule has 0 aromatic heterocycles. The molecular formula is C14H20ClNO2. The maximum Gasteiger partial charge on any atom is 0.128 e. The van der Waals surface area contributed by atoms with E-state index < -0.39 is 5.60 Å². The highest BCUT2D eigenvalue weighted by Gasteiger charge is 2.38. The van der Waals surface area contributed by atoms with E-state index in [4.69, 9.17) is 16.3 Å². The fourth-order valence-electron chi connectivity index (χ4n) is 2.73. The van der Waals surface area contributed by atoms with Gasteiger partial charge < -0.3 is 15.2 Å². The maximum atomic E-state index is 10.8. The van der Waals surface area contributed by atoms with Gasteiger partial charge in [-0.3, -0.25) is 0 Å². The molecule has 2 unspecified atom stereocenters. The van der Waals surface area contributed by atoms with Gasteiger partial charge in [-0.1, -0.05) is 11.6 Å². The van der Waals surface area contributed by atoms with E-state index in [2.05, 4.69) is 5.32 Å². The lowest BCUT2D eigenvalue weighted by atomic mass is 9.85. The minimum Gasteiger partial charge on any atom is -0.496 e. The summed E-state index contributed by atoms with van der Waals surface area (Å²) in [5.74, 6) is 0.720. The number of hydrogen-bond acceptors (Lipinski definition) is 3. The highest BCUT2D eigenvalue weighted by atomic mass is 35.5. The van der Waals surface area contributed by atoms with Crippen molar-refractivity contribution >= 4 is 11.6 Å². The average Bonchev–Trinajstić information content (AvgIpc) is 2.82. The van der Waals surface area contributed by atoms with Crippen molar-refractivity contribution in [3.8, 4) is 5.75 Å². The van der Waals surface area contributed by atoms with Crippen LogP contribution < -0.4 is 10.1 Å². The molecule has 2 rings (SSSR count). The largest absolute Gasteiger partial charge is 0.496 e. The lowest BCUT2D eigenvalue weighted by Gasteiger charge is -2.32. The first-order valence-corrected chi connectivity index (χ1v) is 6.65. The lowest BCUT2D eigenvalue weighted by Crippen LogP contribution is -2.43. The first kappa shape index (κ1) is 13.7. The molecule has 2 atom stereocenters. The topological polar surface area (TPSA) is 41.5 Å². The van der Waals surface area contributed by atoms with E-state index in [0.717, 1.165) is 36.3 Å². The van der Waals surface area contributed by atoms with Gasteiger partial charge in [0.2, 0.25) is 0 Å². The van der Waals surface area contributed by atoms with Gasteiger partial charge >= 0.3 is 0 Å². The summed E-state index contributed by atoms with van der Waals surface area (Å²) in [6.07, 6.45) is 2.05. The summed E-state index contributed by atoms with van der Waals surface area (Å²) in [6.45, 7) is 4.71. The summed E-state index contributed by atoms with van der Waals surface area (Å²) in [7, 11) is 1.62. The van der Waals surface area contributed by atoms with Crippen molar-refractivity contribution < 1.29 is 9.84 Å². The van der Waals surface area contributed by atoms with Crippen LogP contribution in [-0.2, 0) is 5.60 Å². The number of hydrogen-bond donors (Lipinski definition) is 2. The summed E-state index contributed by atoms with van der Waals surface area (Å²) in [5, 5.41) is 14.8. The van der Waals surface area contributed by atoms with E-state index in [1.165, 1.54) is 0 Å². The van der Waals surface area contributed by atoms with Crippen LogP contribution in [-0.4, -0.2) is 24.8 Å². The van der Waals surface area contributed by atoms with Gasteiger partial charge in [0.1, 0.15) is 11.4 Å². The number of nitrogens with one attached hydrogen (secondary N) is 1. The molecule has 100 valence electrons. The van der Waals surface area contributed by atoms with E-state index in [1.807, 2.05) is 19.9 Å². The second kappa shape index (κ2) is 5.08. The predicted molar refractivity (Wildman–Crippen MR) is 73.3 cm³/mol. The van der Waals surface area contributed by atoms with Crippen LogP contribution in [0.5, 0.6) is 5.75 Å². The molecule has 1 fully saturated rings. The van der Waals surface area contributed by atoms with Gasteiger partial charge in [-0.05, 0) is 50.9 Å². The van der Waals surface area contributed by atoms with Crippen LogP contribution in [0.25, 0.3) is 0 Å². The Balaban J connectivity index is 2.48. The molecule has 2 N–H and O–H groups in total. The molecule has 1 saturated heterocycles. The van der Waals surface area contributed by atoms with Gasteiger partial charge in [0, 0.05) is 16.6 Å². The van der Waals surface area contributed by atoms with E-state index in [0.29, 0.717) is 5.02 Å². The third-order valence-electron chi connectivity index (χ3n) is 3.73. The second-order valence-electron chi connectivity index (χ2n) is 5.10. The minimum atomic E-state index is -0.975. The molecule has 0 bridgehead atoms. The normalized spacial score (nSPS) is 22.8. The predicted octanol–water partition coefficient (Wildman–Crippen LogP) is 2.62. The third kappa shape index (κ3) is 2.35. The van der Waals surface area contributed by atoms with Crippen molar-refractivity contribution in [2.45, 2.75) is 38.3 Å². The Morgan fingerprint density at radius 3 is 2.78 bits per heavy atom. The molecule has 1 aromatic carbocycles. The fourth-order valence-corrected chi connectivity index (χ4v) is 3.00. The standard InChI is InChI=1S/C14H20ClNO2/c1-9-7-10(15)8-11(13(9)18-3)14(2,17)12-5-4-6-16-12/h7-8,12,16-17H,4-6H2,1-3H3. The number of halogens is 1. The number of aryl methyl sites for hydroxylation is 1. The first-order valence-electron chi connectivity index (χ1n) is 6.27. The molecule has 3 nitrogen and oxygen atoms in total. The molecule has 1 aliphatic rings. The Bertz CT molecular complexity index is 440. The van der Waals surface area contributed by atoms with Crippen LogP contribution >= 0.6 is 11.6 Å². The number of benzene rings is 1. The summed E-state index contributed by atoms with van der Waals surface area (Å²) in [4.78, 5) is 0. The van der Waals surface area contributed by atoms with Crippen molar-refractivity contribution in [3.63, 3.8) is 0 Å². The van der Waals surface area contributed by atoms with Gasteiger partial charge in [0.15, 0.2) is 0 Å². The number of methoxy groups -OCH3 is 1. The van der Waals surface area contributed by atoms with Crippen LogP contribution in [0.15, 0.2) is 12.1 Å². The Hall–Kier alpha value is -0.770. The fraction of sp³-hybridized carbons (Fsp3) is 0.571. The molecule has 0 amide bonds. The quantitative estimate of drug-likeness (QED) is 0.886. The maximum absolute atomic E-state index is 10.8. The Kier molecular flexibility index (Phi) is 3.85. The zero-order chi connectivity index (χ0) is 13.3. The van der Waals surface area contributed by atoms with Crippen LogP contribution in [0.2, 0.25) is 5.02 Å². The minimum absolute atomic E-state index is 0.0456. The van der Waals surface area contributed by atoms with Crippen LogP contribution in [0.3, 0.4) is 0 Å². The van der Waals surface area contributed by atoms with Crippen molar-refractivity contribution in [1.29, 1.82) is 0 Å².